The van der Waals surface area contributed by atoms with Crippen LogP contribution in [0.3, 0.4) is 0 Å². The number of fused-ring (bicyclic) bond motifs is 11. The van der Waals surface area contributed by atoms with Crippen LogP contribution >= 0.6 is 0 Å². The zero-order valence-electron chi connectivity index (χ0n) is 19.1. The lowest BCUT2D eigenvalue weighted by Gasteiger charge is -2.25. The first-order chi connectivity index (χ1) is 17.7. The van der Waals surface area contributed by atoms with Gasteiger partial charge in [0.2, 0.25) is 0 Å². The SMILES string of the molecule is O=C1c2ccccc2C2c3c1cccc3-c1ccc3c4cccc5c(=O)c6ccccc6n(c3c12)c54. The Kier molecular flexibility index (Phi) is 3.13. The second-order valence-electron chi connectivity index (χ2n) is 9.92. The molecule has 166 valence electrons. The molecule has 0 spiro atoms. The van der Waals surface area contributed by atoms with Crippen molar-refractivity contribution in [2.45, 2.75) is 5.92 Å². The van der Waals surface area contributed by atoms with Gasteiger partial charge in [0.05, 0.1) is 16.6 Å². The van der Waals surface area contributed by atoms with E-state index in [1.807, 2.05) is 66.7 Å². The van der Waals surface area contributed by atoms with Crippen LogP contribution in [-0.4, -0.2) is 10.2 Å². The number of carbonyl (C=O) groups excluding carboxylic acids is 1. The number of pyridine rings is 1. The maximum absolute atomic E-state index is 13.5. The van der Waals surface area contributed by atoms with Crippen LogP contribution in [0.25, 0.3) is 49.2 Å². The summed E-state index contributed by atoms with van der Waals surface area (Å²) in [6, 6.07) is 32.5. The minimum absolute atomic E-state index is 0.0300. The van der Waals surface area contributed by atoms with Gasteiger partial charge in [0.15, 0.2) is 11.2 Å². The number of ketones is 1. The third kappa shape index (κ3) is 1.92. The van der Waals surface area contributed by atoms with Gasteiger partial charge < -0.3 is 4.40 Å². The Morgan fingerprint density at radius 1 is 0.500 bits per heavy atom. The predicted molar refractivity (Wildman–Crippen MR) is 144 cm³/mol. The Balaban J connectivity index is 1.59. The van der Waals surface area contributed by atoms with E-state index >= 15 is 0 Å². The molecular weight excluding hydrogens is 442 g/mol. The molecule has 0 aliphatic heterocycles. The van der Waals surface area contributed by atoms with Gasteiger partial charge in [-0.1, -0.05) is 78.9 Å². The van der Waals surface area contributed by atoms with Crippen molar-refractivity contribution in [2.24, 2.45) is 0 Å². The van der Waals surface area contributed by atoms with Crippen molar-refractivity contribution in [2.75, 3.05) is 0 Å². The summed E-state index contributed by atoms with van der Waals surface area (Å²) in [6.45, 7) is 0. The average molecular weight is 460 g/mol. The number of nitrogens with zero attached hydrogens (tertiary/aromatic N) is 1. The van der Waals surface area contributed by atoms with Gasteiger partial charge in [0.1, 0.15) is 0 Å². The number of hydrogen-bond acceptors (Lipinski definition) is 2. The van der Waals surface area contributed by atoms with Crippen molar-refractivity contribution in [3.63, 3.8) is 0 Å². The molecule has 7 aromatic rings. The largest absolute Gasteiger partial charge is 0.307 e. The molecule has 5 aromatic carbocycles. The smallest absolute Gasteiger partial charge is 0.197 e. The standard InChI is InChI=1S/C33H17NO2/c35-32-22-8-2-1-7-18(22)28-27-17(10-5-12-24(27)32)19-15-16-21-20-11-6-13-25-30(20)34(31(21)29(19)28)26-14-4-3-9-23(26)33(25)36/h1-16,28H. The van der Waals surface area contributed by atoms with Crippen molar-refractivity contribution in [3.8, 4) is 11.1 Å². The number of rotatable bonds is 0. The third-order valence-corrected chi connectivity index (χ3v) is 8.36. The minimum atomic E-state index is -0.0300. The van der Waals surface area contributed by atoms with E-state index in [1.165, 1.54) is 11.1 Å². The molecule has 3 heteroatoms. The van der Waals surface area contributed by atoms with Crippen LogP contribution < -0.4 is 5.43 Å². The van der Waals surface area contributed by atoms with Crippen LogP contribution in [0.2, 0.25) is 0 Å². The zero-order chi connectivity index (χ0) is 23.7. The van der Waals surface area contributed by atoms with Gasteiger partial charge in [-0.2, -0.15) is 0 Å². The van der Waals surface area contributed by atoms with Crippen LogP contribution in [0.15, 0.2) is 102 Å². The third-order valence-electron chi connectivity index (χ3n) is 8.36. The van der Waals surface area contributed by atoms with E-state index < -0.39 is 0 Å². The molecule has 9 rings (SSSR count). The lowest BCUT2D eigenvalue weighted by atomic mass is 9.76. The Morgan fingerprint density at radius 2 is 1.17 bits per heavy atom. The zero-order valence-corrected chi connectivity index (χ0v) is 19.1. The van der Waals surface area contributed by atoms with Gasteiger partial charge >= 0.3 is 0 Å². The summed E-state index contributed by atoms with van der Waals surface area (Å²) in [4.78, 5) is 27.0. The lowest BCUT2D eigenvalue weighted by Crippen LogP contribution is -2.18. The summed E-state index contributed by atoms with van der Waals surface area (Å²) < 4.78 is 2.31. The van der Waals surface area contributed by atoms with E-state index in [4.69, 9.17) is 0 Å². The van der Waals surface area contributed by atoms with E-state index in [2.05, 4.69) is 34.7 Å². The van der Waals surface area contributed by atoms with E-state index in [-0.39, 0.29) is 17.1 Å². The van der Waals surface area contributed by atoms with Crippen molar-refractivity contribution in [1.29, 1.82) is 0 Å². The predicted octanol–water partition coefficient (Wildman–Crippen LogP) is 6.90. The van der Waals surface area contributed by atoms with Gasteiger partial charge in [-0.05, 0) is 46.0 Å². The second kappa shape index (κ2) is 6.07. The van der Waals surface area contributed by atoms with Crippen LogP contribution in [-0.2, 0) is 0 Å². The first kappa shape index (κ1) is 18.6. The van der Waals surface area contributed by atoms with Gasteiger partial charge in [-0.15, -0.1) is 0 Å². The fourth-order valence-corrected chi connectivity index (χ4v) is 7.00. The van der Waals surface area contributed by atoms with E-state index in [1.54, 1.807) is 0 Å². The molecule has 2 heterocycles. The number of para-hydroxylation sites is 2. The van der Waals surface area contributed by atoms with E-state index in [0.717, 1.165) is 65.9 Å². The van der Waals surface area contributed by atoms with Crippen molar-refractivity contribution >= 4 is 43.9 Å². The second-order valence-corrected chi connectivity index (χ2v) is 9.92. The molecule has 2 aliphatic carbocycles. The fourth-order valence-electron chi connectivity index (χ4n) is 7.00. The molecule has 1 unspecified atom stereocenters. The number of benzene rings is 5. The highest BCUT2D eigenvalue weighted by molar-refractivity contribution is 6.21. The number of carbonyl (C=O) groups is 1. The average Bonchev–Trinajstić information content (AvgIpc) is 3.45. The van der Waals surface area contributed by atoms with Crippen LogP contribution in [0.4, 0.5) is 0 Å². The van der Waals surface area contributed by atoms with Crippen LogP contribution in [0, 0.1) is 0 Å². The molecule has 0 N–H and O–H groups in total. The normalized spacial score (nSPS) is 15.7. The Hall–Kier alpha value is -4.76. The summed E-state index contributed by atoms with van der Waals surface area (Å²) in [5.41, 5.74) is 10.4. The van der Waals surface area contributed by atoms with Crippen molar-refractivity contribution < 1.29 is 4.79 Å². The minimum Gasteiger partial charge on any atom is -0.307 e. The highest BCUT2D eigenvalue weighted by Crippen LogP contribution is 2.55. The molecule has 0 amide bonds. The van der Waals surface area contributed by atoms with Gasteiger partial charge in [0.25, 0.3) is 0 Å². The Labute approximate surface area is 205 Å². The molecule has 1 atom stereocenters. The van der Waals surface area contributed by atoms with Crippen molar-refractivity contribution in [3.05, 3.63) is 135 Å². The molecule has 0 saturated carbocycles. The van der Waals surface area contributed by atoms with Crippen LogP contribution in [0.1, 0.15) is 38.5 Å². The van der Waals surface area contributed by atoms with E-state index in [9.17, 15) is 9.59 Å². The number of aromatic nitrogens is 1. The molecule has 2 aromatic heterocycles. The summed E-state index contributed by atoms with van der Waals surface area (Å²) in [5, 5.41) is 3.69. The first-order valence-corrected chi connectivity index (χ1v) is 12.2. The lowest BCUT2D eigenvalue weighted by molar-refractivity contribution is 0.103. The highest BCUT2D eigenvalue weighted by Gasteiger charge is 2.41. The maximum Gasteiger partial charge on any atom is 0.197 e. The summed E-state index contributed by atoms with van der Waals surface area (Å²) in [7, 11) is 0. The molecule has 0 bridgehead atoms. The number of hydrogen-bond donors (Lipinski definition) is 0. The van der Waals surface area contributed by atoms with Gasteiger partial charge in [-0.3, -0.25) is 9.59 Å². The molecule has 36 heavy (non-hydrogen) atoms. The molecular formula is C33H17NO2. The Bertz CT molecular complexity index is 2200. The summed E-state index contributed by atoms with van der Waals surface area (Å²) in [5.74, 6) is 0.0697. The van der Waals surface area contributed by atoms with Gasteiger partial charge in [0, 0.05) is 38.6 Å². The molecule has 0 fully saturated rings. The monoisotopic (exact) mass is 459 g/mol. The van der Waals surface area contributed by atoms with Gasteiger partial charge in [-0.25, -0.2) is 0 Å². The first-order valence-electron chi connectivity index (χ1n) is 12.2. The topological polar surface area (TPSA) is 38.5 Å². The molecule has 2 aliphatic rings. The highest BCUT2D eigenvalue weighted by atomic mass is 16.1. The molecule has 0 radical (unpaired) electrons. The van der Waals surface area contributed by atoms with Crippen molar-refractivity contribution in [1.82, 2.24) is 4.40 Å². The summed E-state index contributed by atoms with van der Waals surface area (Å²) in [6.07, 6.45) is 0. The van der Waals surface area contributed by atoms with Crippen LogP contribution in [0.5, 0.6) is 0 Å². The Morgan fingerprint density at radius 3 is 2.11 bits per heavy atom. The molecule has 3 nitrogen and oxygen atoms in total. The maximum atomic E-state index is 13.5. The molecule has 0 saturated heterocycles. The fraction of sp³-hybridized carbons (Fsp3) is 0.0303. The van der Waals surface area contributed by atoms with E-state index in [0.29, 0.717) is 0 Å². The summed E-state index contributed by atoms with van der Waals surface area (Å²) >= 11 is 0. The quantitative estimate of drug-likeness (QED) is 0.231.